The van der Waals surface area contributed by atoms with Crippen molar-refractivity contribution in [3.05, 3.63) is 67.1 Å². The SMILES string of the molecule is COc1cccc(-c2nccc3[nH]c(-c4n[nH]c5ccc(-c6cncc(NC(=O)CN(C)C)c6)nc45)nc23)c1. The molecule has 0 saturated carbocycles. The van der Waals surface area contributed by atoms with Gasteiger partial charge in [-0.05, 0) is 50.5 Å². The van der Waals surface area contributed by atoms with E-state index in [0.717, 1.165) is 39.1 Å². The number of pyridine rings is 3. The summed E-state index contributed by atoms with van der Waals surface area (Å²) < 4.78 is 5.38. The molecule has 1 aromatic carbocycles. The zero-order valence-corrected chi connectivity index (χ0v) is 21.6. The number of carbonyl (C=O) groups excluding carboxylic acids is 1. The average molecular weight is 520 g/mol. The van der Waals surface area contributed by atoms with Crippen LogP contribution in [0, 0.1) is 0 Å². The number of carbonyl (C=O) groups is 1. The molecule has 5 heterocycles. The van der Waals surface area contributed by atoms with Gasteiger partial charge in [-0.15, -0.1) is 0 Å². The Balaban J connectivity index is 1.38. The summed E-state index contributed by atoms with van der Waals surface area (Å²) in [6.45, 7) is 0.277. The first-order valence-corrected chi connectivity index (χ1v) is 12.2. The second-order valence-corrected chi connectivity index (χ2v) is 9.29. The van der Waals surface area contributed by atoms with E-state index in [0.29, 0.717) is 28.4 Å². The molecule has 0 fully saturated rings. The summed E-state index contributed by atoms with van der Waals surface area (Å²) >= 11 is 0. The van der Waals surface area contributed by atoms with Crippen molar-refractivity contribution in [3.8, 4) is 39.8 Å². The smallest absolute Gasteiger partial charge is 0.238 e. The molecule has 0 unspecified atom stereocenters. The maximum atomic E-state index is 12.2. The number of amides is 1. The lowest BCUT2D eigenvalue weighted by Crippen LogP contribution is -2.27. The van der Waals surface area contributed by atoms with Crippen molar-refractivity contribution in [2.24, 2.45) is 0 Å². The third-order valence-electron chi connectivity index (χ3n) is 6.15. The van der Waals surface area contributed by atoms with Crippen LogP contribution in [0.15, 0.2) is 67.1 Å². The molecule has 0 saturated heterocycles. The van der Waals surface area contributed by atoms with E-state index in [-0.39, 0.29) is 12.5 Å². The first-order chi connectivity index (χ1) is 19.0. The average Bonchev–Trinajstić information content (AvgIpc) is 3.56. The molecule has 0 aliphatic heterocycles. The third kappa shape index (κ3) is 4.78. The Hall–Kier alpha value is -5.16. The van der Waals surface area contributed by atoms with Crippen LogP contribution < -0.4 is 10.1 Å². The lowest BCUT2D eigenvalue weighted by atomic mass is 10.1. The highest BCUT2D eigenvalue weighted by Gasteiger charge is 2.18. The number of likely N-dealkylation sites (N-methyl/N-ethyl adjacent to an activating group) is 1. The van der Waals surface area contributed by atoms with Gasteiger partial charge in [0.25, 0.3) is 0 Å². The van der Waals surface area contributed by atoms with Gasteiger partial charge in [0.1, 0.15) is 16.8 Å². The topological polar surface area (TPSA) is 138 Å². The number of hydrogen-bond acceptors (Lipinski definition) is 8. The Morgan fingerprint density at radius 1 is 0.974 bits per heavy atom. The number of nitrogens with zero attached hydrogens (tertiary/aromatic N) is 6. The van der Waals surface area contributed by atoms with Gasteiger partial charge in [0.2, 0.25) is 5.91 Å². The van der Waals surface area contributed by atoms with Crippen molar-refractivity contribution >= 4 is 33.7 Å². The van der Waals surface area contributed by atoms with Crippen LogP contribution >= 0.6 is 0 Å². The number of nitrogens with one attached hydrogen (secondary N) is 3. The zero-order chi connectivity index (χ0) is 26.9. The Morgan fingerprint density at radius 3 is 2.69 bits per heavy atom. The number of aromatic nitrogens is 7. The fourth-order valence-corrected chi connectivity index (χ4v) is 4.39. The maximum absolute atomic E-state index is 12.2. The monoisotopic (exact) mass is 519 g/mol. The second-order valence-electron chi connectivity index (χ2n) is 9.29. The number of benzene rings is 1. The largest absolute Gasteiger partial charge is 0.497 e. The van der Waals surface area contributed by atoms with Crippen LogP contribution in [0.5, 0.6) is 5.75 Å². The summed E-state index contributed by atoms with van der Waals surface area (Å²) in [7, 11) is 5.32. The van der Waals surface area contributed by atoms with Crippen LogP contribution in [-0.2, 0) is 4.79 Å². The number of methoxy groups -OCH3 is 1. The van der Waals surface area contributed by atoms with Gasteiger partial charge >= 0.3 is 0 Å². The molecule has 0 bridgehead atoms. The van der Waals surface area contributed by atoms with Gasteiger partial charge in [-0.25, -0.2) is 9.97 Å². The number of H-pyrrole nitrogens is 2. The lowest BCUT2D eigenvalue weighted by molar-refractivity contribution is -0.116. The summed E-state index contributed by atoms with van der Waals surface area (Å²) in [4.78, 5) is 36.0. The minimum atomic E-state index is -0.118. The highest BCUT2D eigenvalue weighted by molar-refractivity contribution is 5.95. The molecule has 0 atom stereocenters. The quantitative estimate of drug-likeness (QED) is 0.286. The second kappa shape index (κ2) is 9.95. The fraction of sp³-hybridized carbons (Fsp3) is 0.143. The summed E-state index contributed by atoms with van der Waals surface area (Å²) in [5.74, 6) is 1.20. The van der Waals surface area contributed by atoms with Crippen molar-refractivity contribution in [2.45, 2.75) is 0 Å². The van der Waals surface area contributed by atoms with Crippen molar-refractivity contribution < 1.29 is 9.53 Å². The molecule has 5 aromatic heterocycles. The third-order valence-corrected chi connectivity index (χ3v) is 6.15. The van der Waals surface area contributed by atoms with Gasteiger partial charge in [-0.3, -0.25) is 19.9 Å². The fourth-order valence-electron chi connectivity index (χ4n) is 4.39. The van der Waals surface area contributed by atoms with Crippen molar-refractivity contribution in [1.82, 2.24) is 40.0 Å². The predicted molar refractivity (Wildman–Crippen MR) is 149 cm³/mol. The first kappa shape index (κ1) is 24.2. The molecule has 1 amide bonds. The van der Waals surface area contributed by atoms with E-state index in [2.05, 4.69) is 30.5 Å². The van der Waals surface area contributed by atoms with Crippen molar-refractivity contribution in [3.63, 3.8) is 0 Å². The highest BCUT2D eigenvalue weighted by Crippen LogP contribution is 2.32. The molecular formula is C28H25N9O2. The Morgan fingerprint density at radius 2 is 1.85 bits per heavy atom. The van der Waals surface area contributed by atoms with E-state index in [9.17, 15) is 4.79 Å². The van der Waals surface area contributed by atoms with Crippen molar-refractivity contribution in [2.75, 3.05) is 33.1 Å². The molecule has 0 radical (unpaired) electrons. The maximum Gasteiger partial charge on any atom is 0.238 e. The number of aromatic amines is 2. The highest BCUT2D eigenvalue weighted by atomic mass is 16.5. The Kier molecular flexibility index (Phi) is 6.17. The summed E-state index contributed by atoms with van der Waals surface area (Å²) in [5.41, 5.74) is 7.25. The molecule has 11 nitrogen and oxygen atoms in total. The van der Waals surface area contributed by atoms with E-state index >= 15 is 0 Å². The molecule has 0 aliphatic carbocycles. The molecular weight excluding hydrogens is 494 g/mol. The van der Waals surface area contributed by atoms with Gasteiger partial charge in [-0.2, -0.15) is 5.10 Å². The van der Waals surface area contributed by atoms with Gasteiger partial charge in [0, 0.05) is 23.5 Å². The number of fused-ring (bicyclic) bond motifs is 2. The van der Waals surface area contributed by atoms with E-state index in [1.807, 2.05) is 62.6 Å². The van der Waals surface area contributed by atoms with Crippen LogP contribution in [0.4, 0.5) is 5.69 Å². The molecule has 0 spiro atoms. The molecule has 6 rings (SSSR count). The Bertz CT molecular complexity index is 1820. The van der Waals surface area contributed by atoms with Crippen molar-refractivity contribution in [1.29, 1.82) is 0 Å². The number of ether oxygens (including phenoxy) is 1. The van der Waals surface area contributed by atoms with Gasteiger partial charge in [0.05, 0.1) is 48.0 Å². The normalized spacial score (nSPS) is 11.4. The van der Waals surface area contributed by atoms with E-state index in [1.54, 1.807) is 30.6 Å². The summed E-state index contributed by atoms with van der Waals surface area (Å²) in [5, 5.41) is 10.4. The molecule has 3 N–H and O–H groups in total. The van der Waals surface area contributed by atoms with E-state index in [1.165, 1.54) is 0 Å². The molecule has 11 heteroatoms. The lowest BCUT2D eigenvalue weighted by Gasteiger charge is -2.10. The van der Waals surface area contributed by atoms with Gasteiger partial charge in [0.15, 0.2) is 11.5 Å². The summed E-state index contributed by atoms with van der Waals surface area (Å²) in [6.07, 6.45) is 5.07. The summed E-state index contributed by atoms with van der Waals surface area (Å²) in [6, 6.07) is 15.2. The van der Waals surface area contributed by atoms with Crippen LogP contribution in [0.3, 0.4) is 0 Å². The zero-order valence-electron chi connectivity index (χ0n) is 21.6. The van der Waals surface area contributed by atoms with Crippen LogP contribution in [0.2, 0.25) is 0 Å². The van der Waals surface area contributed by atoms with Crippen LogP contribution in [0.1, 0.15) is 0 Å². The number of anilines is 1. The number of rotatable bonds is 7. The number of hydrogen-bond donors (Lipinski definition) is 3. The standard InChI is InChI=1S/C28H25N9O2/c1-37(2)15-23(38)31-18-11-17(13-29-14-18)20-7-8-22-26(32-20)27(36-35-22)28-33-21-9-10-30-24(25(21)34-28)16-5-4-6-19(12-16)39-3/h4-14H,15H2,1-3H3,(H,31,38)(H,33,34)(H,35,36). The van der Waals surface area contributed by atoms with E-state index in [4.69, 9.17) is 14.7 Å². The minimum Gasteiger partial charge on any atom is -0.497 e. The van der Waals surface area contributed by atoms with E-state index < -0.39 is 0 Å². The molecule has 0 aliphatic rings. The predicted octanol–water partition coefficient (Wildman–Crippen LogP) is 4.13. The molecule has 39 heavy (non-hydrogen) atoms. The van der Waals surface area contributed by atoms with Crippen LogP contribution in [0.25, 0.3) is 56.1 Å². The van der Waals surface area contributed by atoms with Gasteiger partial charge in [-0.1, -0.05) is 12.1 Å². The molecule has 6 aromatic rings. The molecule has 194 valence electrons. The minimum absolute atomic E-state index is 0.118. The van der Waals surface area contributed by atoms with Crippen LogP contribution in [-0.4, -0.2) is 73.7 Å². The number of imidazole rings is 1. The van der Waals surface area contributed by atoms with Gasteiger partial charge < -0.3 is 19.9 Å². The first-order valence-electron chi connectivity index (χ1n) is 12.2. The Labute approximate surface area is 223 Å².